The van der Waals surface area contributed by atoms with E-state index in [2.05, 4.69) is 33.4 Å². The molecule has 3 rings (SSSR count). The molecule has 1 heterocycles. The van der Waals surface area contributed by atoms with E-state index in [9.17, 15) is 14.4 Å². The number of ketones is 1. The minimum Gasteiger partial charge on any atom is -0.355 e. The second-order valence-electron chi connectivity index (χ2n) is 7.54. The van der Waals surface area contributed by atoms with Crippen molar-refractivity contribution in [3.63, 3.8) is 0 Å². The molecule has 1 aliphatic carbocycles. The van der Waals surface area contributed by atoms with Crippen molar-refractivity contribution in [2.75, 3.05) is 19.6 Å². The lowest BCUT2D eigenvalue weighted by atomic mass is 9.97. The van der Waals surface area contributed by atoms with Crippen molar-refractivity contribution in [3.8, 4) is 0 Å². The number of hydrogen-bond acceptors (Lipinski definition) is 3. The molecule has 1 aromatic rings. The first-order valence-corrected chi connectivity index (χ1v) is 11.5. The summed E-state index contributed by atoms with van der Waals surface area (Å²) in [6, 6.07) is 5.44. The lowest BCUT2D eigenvalue weighted by molar-refractivity contribution is -0.142. The fourth-order valence-electron chi connectivity index (χ4n) is 3.58. The molecule has 0 aromatic heterocycles. The molecule has 2 atom stereocenters. The standard InChI is InChI=1S/C22H23BrCl2N2O3/c23-16-6-3-14(4-7-16)9-11-27-13-17(20(28)22(27)30)21(29)26-10-1-2-15-5-8-18(24)19(25)12-15/h3,5-8,12,14,17H,1-2,4,9-11,13H2,(H,26,29). The molecule has 30 heavy (non-hydrogen) atoms. The van der Waals surface area contributed by atoms with E-state index in [-0.39, 0.29) is 12.5 Å². The third-order valence-electron chi connectivity index (χ3n) is 5.37. The third-order valence-corrected chi connectivity index (χ3v) is 6.70. The highest BCUT2D eigenvalue weighted by Gasteiger charge is 2.42. The monoisotopic (exact) mass is 512 g/mol. The Morgan fingerprint density at radius 3 is 2.73 bits per heavy atom. The Morgan fingerprint density at radius 2 is 2.03 bits per heavy atom. The number of hydrogen-bond donors (Lipinski definition) is 1. The molecule has 0 radical (unpaired) electrons. The number of allylic oxidation sites excluding steroid dienone is 4. The van der Waals surface area contributed by atoms with Crippen LogP contribution >= 0.6 is 39.1 Å². The van der Waals surface area contributed by atoms with E-state index >= 15 is 0 Å². The van der Waals surface area contributed by atoms with Gasteiger partial charge >= 0.3 is 0 Å². The molecule has 2 amide bonds. The second kappa shape index (κ2) is 10.6. The number of halogens is 3. The maximum absolute atomic E-state index is 12.4. The van der Waals surface area contributed by atoms with Gasteiger partial charge in [0.2, 0.25) is 11.7 Å². The van der Waals surface area contributed by atoms with Gasteiger partial charge in [0.1, 0.15) is 5.92 Å². The number of carbonyl (C=O) groups excluding carboxylic acids is 3. The first kappa shape index (κ1) is 23.0. The lowest BCUT2D eigenvalue weighted by Gasteiger charge is -2.19. The summed E-state index contributed by atoms with van der Waals surface area (Å²) in [6.45, 7) is 1.06. The minimum atomic E-state index is -0.918. The van der Waals surface area contributed by atoms with Gasteiger partial charge in [-0.05, 0) is 49.3 Å². The summed E-state index contributed by atoms with van der Waals surface area (Å²) in [7, 11) is 0. The summed E-state index contributed by atoms with van der Waals surface area (Å²) in [5.41, 5.74) is 1.02. The van der Waals surface area contributed by atoms with Crippen LogP contribution in [0.25, 0.3) is 0 Å². The SMILES string of the molecule is O=C(NCCCc1ccc(Cl)c(Cl)c1)C1CN(CCC2C=CC(Br)=CC2)C(=O)C1=O. The maximum atomic E-state index is 12.4. The van der Waals surface area contributed by atoms with Crippen molar-refractivity contribution in [1.29, 1.82) is 0 Å². The number of nitrogens with zero attached hydrogens (tertiary/aromatic N) is 1. The van der Waals surface area contributed by atoms with Gasteiger partial charge in [0, 0.05) is 24.1 Å². The van der Waals surface area contributed by atoms with Crippen LogP contribution in [0, 0.1) is 11.8 Å². The van der Waals surface area contributed by atoms with Crippen LogP contribution in [0.2, 0.25) is 10.0 Å². The van der Waals surface area contributed by atoms with Gasteiger partial charge in [-0.15, -0.1) is 0 Å². The molecule has 1 fully saturated rings. The van der Waals surface area contributed by atoms with Crippen LogP contribution in [0.4, 0.5) is 0 Å². The average Bonchev–Trinajstić information content (AvgIpc) is 3.02. The fraction of sp³-hybridized carbons (Fsp3) is 0.409. The Balaban J connectivity index is 1.42. The molecule has 2 aliphatic rings. The quantitative estimate of drug-likeness (QED) is 0.320. The summed E-state index contributed by atoms with van der Waals surface area (Å²) >= 11 is 15.3. The summed E-state index contributed by atoms with van der Waals surface area (Å²) in [5.74, 6) is -2.13. The number of rotatable bonds is 8. The third kappa shape index (κ3) is 5.96. The summed E-state index contributed by atoms with van der Waals surface area (Å²) < 4.78 is 1.06. The highest BCUT2D eigenvalue weighted by Crippen LogP contribution is 2.25. The molecule has 1 aliphatic heterocycles. The van der Waals surface area contributed by atoms with Gasteiger partial charge in [-0.1, -0.05) is 63.4 Å². The number of benzene rings is 1. The van der Waals surface area contributed by atoms with Crippen LogP contribution in [-0.2, 0) is 20.8 Å². The lowest BCUT2D eigenvalue weighted by Crippen LogP contribution is -2.36. The minimum absolute atomic E-state index is 0.159. The van der Waals surface area contributed by atoms with Gasteiger partial charge in [-0.2, -0.15) is 0 Å². The van der Waals surface area contributed by atoms with Crippen LogP contribution in [0.1, 0.15) is 24.8 Å². The molecule has 0 saturated carbocycles. The van der Waals surface area contributed by atoms with Crippen molar-refractivity contribution < 1.29 is 14.4 Å². The van der Waals surface area contributed by atoms with Crippen molar-refractivity contribution in [3.05, 3.63) is 56.5 Å². The number of likely N-dealkylation sites (tertiary alicyclic amines) is 1. The Bertz CT molecular complexity index is 900. The molecule has 1 saturated heterocycles. The molecule has 1 N–H and O–H groups in total. The molecule has 8 heteroatoms. The van der Waals surface area contributed by atoms with Crippen molar-refractivity contribution >= 4 is 56.7 Å². The van der Waals surface area contributed by atoms with Gasteiger partial charge < -0.3 is 10.2 Å². The zero-order valence-corrected chi connectivity index (χ0v) is 19.5. The van der Waals surface area contributed by atoms with Crippen molar-refractivity contribution in [2.45, 2.75) is 25.7 Å². The molecular weight excluding hydrogens is 491 g/mol. The number of Topliss-reactive ketones (excluding diaryl/α,β-unsaturated/α-hetero) is 1. The van der Waals surface area contributed by atoms with E-state index in [0.29, 0.717) is 35.5 Å². The zero-order chi connectivity index (χ0) is 21.7. The van der Waals surface area contributed by atoms with Gasteiger partial charge in [-0.3, -0.25) is 14.4 Å². The van der Waals surface area contributed by atoms with E-state index < -0.39 is 17.6 Å². The van der Waals surface area contributed by atoms with Gasteiger partial charge in [0.05, 0.1) is 10.0 Å². The normalized spacial score (nSPS) is 21.2. The highest BCUT2D eigenvalue weighted by atomic mass is 79.9. The smallest absolute Gasteiger partial charge is 0.290 e. The van der Waals surface area contributed by atoms with Crippen LogP contribution in [0.15, 0.2) is 40.9 Å². The summed E-state index contributed by atoms with van der Waals surface area (Å²) in [5, 5.41) is 3.79. The number of carbonyl (C=O) groups is 3. The Hall–Kier alpha value is -1.63. The molecule has 0 bridgehead atoms. The number of nitrogens with one attached hydrogen (secondary N) is 1. The average molecular weight is 514 g/mol. The van der Waals surface area contributed by atoms with E-state index in [1.54, 1.807) is 12.1 Å². The molecule has 1 aromatic carbocycles. The Kier molecular flexibility index (Phi) is 8.14. The zero-order valence-electron chi connectivity index (χ0n) is 16.4. The van der Waals surface area contributed by atoms with E-state index in [1.807, 2.05) is 12.1 Å². The molecule has 2 unspecified atom stereocenters. The van der Waals surface area contributed by atoms with Crippen LogP contribution in [0.5, 0.6) is 0 Å². The molecule has 160 valence electrons. The fourth-order valence-corrected chi connectivity index (χ4v) is 4.24. The Labute approximate surface area is 194 Å². The summed E-state index contributed by atoms with van der Waals surface area (Å²) in [6.07, 6.45) is 9.28. The van der Waals surface area contributed by atoms with Crippen LogP contribution < -0.4 is 5.32 Å². The van der Waals surface area contributed by atoms with Crippen LogP contribution in [-0.4, -0.2) is 42.1 Å². The summed E-state index contributed by atoms with van der Waals surface area (Å²) in [4.78, 5) is 38.4. The molecule has 5 nitrogen and oxygen atoms in total. The van der Waals surface area contributed by atoms with Gasteiger partial charge in [0.25, 0.3) is 5.91 Å². The van der Waals surface area contributed by atoms with E-state index in [1.165, 1.54) is 4.90 Å². The van der Waals surface area contributed by atoms with Crippen LogP contribution in [0.3, 0.4) is 0 Å². The topological polar surface area (TPSA) is 66.5 Å². The molecule has 0 spiro atoms. The largest absolute Gasteiger partial charge is 0.355 e. The first-order valence-electron chi connectivity index (χ1n) is 9.93. The number of aryl methyl sites for hydroxylation is 1. The predicted octanol–water partition coefficient (Wildman–Crippen LogP) is 4.31. The first-order chi connectivity index (χ1) is 14.3. The second-order valence-corrected chi connectivity index (χ2v) is 9.27. The number of amides is 2. The highest BCUT2D eigenvalue weighted by molar-refractivity contribution is 9.11. The van der Waals surface area contributed by atoms with Gasteiger partial charge in [-0.25, -0.2) is 0 Å². The maximum Gasteiger partial charge on any atom is 0.290 e. The predicted molar refractivity (Wildman–Crippen MR) is 122 cm³/mol. The van der Waals surface area contributed by atoms with E-state index in [0.717, 1.165) is 29.3 Å². The van der Waals surface area contributed by atoms with Gasteiger partial charge in [0.15, 0.2) is 0 Å². The van der Waals surface area contributed by atoms with Crippen molar-refractivity contribution in [1.82, 2.24) is 10.2 Å². The Morgan fingerprint density at radius 1 is 1.23 bits per heavy atom. The van der Waals surface area contributed by atoms with Crippen molar-refractivity contribution in [2.24, 2.45) is 11.8 Å². The molecular formula is C22H23BrCl2N2O3. The van der Waals surface area contributed by atoms with E-state index in [4.69, 9.17) is 23.2 Å².